The number of benzene rings is 1. The Hall–Kier alpha value is -2.44. The molecule has 0 spiro atoms. The zero-order valence-corrected chi connectivity index (χ0v) is 13.2. The third-order valence-electron chi connectivity index (χ3n) is 3.58. The zero-order valence-electron chi connectivity index (χ0n) is 13.2. The molecule has 1 aliphatic rings. The molecule has 0 heterocycles. The molecule has 1 amide bonds. The van der Waals surface area contributed by atoms with Gasteiger partial charge in [-0.3, -0.25) is 4.79 Å². The molecule has 7 heteroatoms. The van der Waals surface area contributed by atoms with Gasteiger partial charge >= 0.3 is 12.6 Å². The van der Waals surface area contributed by atoms with E-state index < -0.39 is 12.6 Å². The van der Waals surface area contributed by atoms with Crippen molar-refractivity contribution in [3.8, 4) is 5.75 Å². The number of carbonyl (C=O) groups excluding carboxylic acids is 2. The number of nitrogens with one attached hydrogen (secondary N) is 1. The fraction of sp³-hybridized carbons (Fsp3) is 0.412. The first-order valence-electron chi connectivity index (χ1n) is 7.63. The lowest BCUT2D eigenvalue weighted by molar-refractivity contribution is -0.144. The Morgan fingerprint density at radius 3 is 2.54 bits per heavy atom. The summed E-state index contributed by atoms with van der Waals surface area (Å²) in [6, 6.07) is 5.87. The van der Waals surface area contributed by atoms with Gasteiger partial charge in [0.1, 0.15) is 5.75 Å². The van der Waals surface area contributed by atoms with Crippen LogP contribution in [0.2, 0.25) is 0 Å². The largest absolute Gasteiger partial charge is 0.452 e. The predicted molar refractivity (Wildman–Crippen MR) is 83.4 cm³/mol. The Kier molecular flexibility index (Phi) is 6.28. The minimum atomic E-state index is -2.88. The molecule has 1 atom stereocenters. The minimum absolute atomic E-state index is 0.0335. The Labute approximate surface area is 138 Å². The minimum Gasteiger partial charge on any atom is -0.452 e. The van der Waals surface area contributed by atoms with Crippen LogP contribution in [0.1, 0.15) is 25.3 Å². The van der Waals surface area contributed by atoms with Gasteiger partial charge in [0.15, 0.2) is 6.61 Å². The molecule has 0 unspecified atom stereocenters. The van der Waals surface area contributed by atoms with Crippen molar-refractivity contribution in [3.63, 3.8) is 0 Å². The average Bonchev–Trinajstić information content (AvgIpc) is 3.36. The van der Waals surface area contributed by atoms with Crippen molar-refractivity contribution in [2.45, 2.75) is 32.4 Å². The average molecular weight is 339 g/mol. The van der Waals surface area contributed by atoms with E-state index in [0.29, 0.717) is 11.5 Å². The molecule has 0 radical (unpaired) electrons. The number of rotatable bonds is 8. The van der Waals surface area contributed by atoms with Gasteiger partial charge in [-0.2, -0.15) is 8.78 Å². The summed E-state index contributed by atoms with van der Waals surface area (Å²) in [4.78, 5) is 23.2. The van der Waals surface area contributed by atoms with E-state index in [4.69, 9.17) is 4.74 Å². The highest BCUT2D eigenvalue weighted by Crippen LogP contribution is 2.32. The summed E-state index contributed by atoms with van der Waals surface area (Å²) in [5, 5.41) is 2.78. The number of alkyl halides is 2. The highest BCUT2D eigenvalue weighted by molar-refractivity contribution is 5.89. The summed E-state index contributed by atoms with van der Waals surface area (Å²) >= 11 is 0. The molecule has 1 aromatic carbocycles. The predicted octanol–water partition coefficient (Wildman–Crippen LogP) is 2.76. The zero-order chi connectivity index (χ0) is 17.5. The van der Waals surface area contributed by atoms with Gasteiger partial charge in [-0.1, -0.05) is 12.1 Å². The first-order valence-corrected chi connectivity index (χ1v) is 7.63. The Balaban J connectivity index is 1.72. The monoisotopic (exact) mass is 339 g/mol. The quantitative estimate of drug-likeness (QED) is 0.584. The number of halogens is 2. The SMILES string of the molecule is C[C@H](NC(=O)COC(=O)/C=C/c1ccc(OC(F)F)cc1)C1CC1. The van der Waals surface area contributed by atoms with E-state index in [1.165, 1.54) is 36.4 Å². The number of carbonyl (C=O) groups is 2. The van der Waals surface area contributed by atoms with Gasteiger partial charge in [0, 0.05) is 12.1 Å². The van der Waals surface area contributed by atoms with Crippen LogP contribution in [0.25, 0.3) is 6.08 Å². The molecule has 0 saturated heterocycles. The van der Waals surface area contributed by atoms with Crippen molar-refractivity contribution in [1.29, 1.82) is 0 Å². The number of hydrogen-bond donors (Lipinski definition) is 1. The van der Waals surface area contributed by atoms with Crippen molar-refractivity contribution in [2.75, 3.05) is 6.61 Å². The number of esters is 1. The van der Waals surface area contributed by atoms with Gasteiger partial charge in [-0.05, 0) is 49.5 Å². The van der Waals surface area contributed by atoms with Gasteiger partial charge in [-0.25, -0.2) is 4.79 Å². The van der Waals surface area contributed by atoms with Crippen LogP contribution in [0.4, 0.5) is 8.78 Å². The smallest absolute Gasteiger partial charge is 0.387 e. The summed E-state index contributed by atoms with van der Waals surface area (Å²) < 4.78 is 33.1. The second-order valence-electron chi connectivity index (χ2n) is 5.58. The first-order chi connectivity index (χ1) is 11.4. The van der Waals surface area contributed by atoms with Crippen molar-refractivity contribution in [2.24, 2.45) is 5.92 Å². The van der Waals surface area contributed by atoms with Gasteiger partial charge < -0.3 is 14.8 Å². The van der Waals surface area contributed by atoms with Gasteiger partial charge in [0.25, 0.3) is 5.91 Å². The first kappa shape index (κ1) is 17.9. The highest BCUT2D eigenvalue weighted by atomic mass is 19.3. The molecule has 2 rings (SSSR count). The molecule has 0 bridgehead atoms. The Morgan fingerprint density at radius 2 is 1.96 bits per heavy atom. The molecule has 1 saturated carbocycles. The van der Waals surface area contributed by atoms with E-state index in [9.17, 15) is 18.4 Å². The second-order valence-corrected chi connectivity index (χ2v) is 5.58. The maximum Gasteiger partial charge on any atom is 0.387 e. The molecule has 1 aromatic rings. The Morgan fingerprint density at radius 1 is 1.29 bits per heavy atom. The van der Waals surface area contributed by atoms with Gasteiger partial charge in [-0.15, -0.1) is 0 Å². The van der Waals surface area contributed by atoms with Crippen LogP contribution in [0.5, 0.6) is 5.75 Å². The molecule has 0 aliphatic heterocycles. The molecular formula is C17H19F2NO4. The van der Waals surface area contributed by atoms with E-state index in [-0.39, 0.29) is 24.3 Å². The molecular weight excluding hydrogens is 320 g/mol. The van der Waals surface area contributed by atoms with E-state index in [2.05, 4.69) is 10.1 Å². The molecule has 1 aliphatic carbocycles. The summed E-state index contributed by atoms with van der Waals surface area (Å²) in [5.41, 5.74) is 0.611. The summed E-state index contributed by atoms with van der Waals surface area (Å²) in [5.74, 6) is -0.422. The van der Waals surface area contributed by atoms with E-state index in [0.717, 1.165) is 12.8 Å². The van der Waals surface area contributed by atoms with Crippen molar-refractivity contribution in [3.05, 3.63) is 35.9 Å². The number of ether oxygens (including phenoxy) is 2. The standard InChI is InChI=1S/C17H19F2NO4/c1-11(13-5-6-13)20-15(21)10-23-16(22)9-4-12-2-7-14(8-3-12)24-17(18)19/h2-4,7-9,11,13,17H,5-6,10H2,1H3,(H,20,21)/b9-4+/t11-/m0/s1. The van der Waals surface area contributed by atoms with Crippen molar-refractivity contribution in [1.82, 2.24) is 5.32 Å². The second kappa shape index (κ2) is 8.42. The van der Waals surface area contributed by atoms with Crippen molar-refractivity contribution < 1.29 is 27.8 Å². The van der Waals surface area contributed by atoms with Crippen LogP contribution in [-0.4, -0.2) is 31.1 Å². The highest BCUT2D eigenvalue weighted by Gasteiger charge is 2.28. The van der Waals surface area contributed by atoms with Crippen LogP contribution in [0, 0.1) is 5.92 Å². The summed E-state index contributed by atoms with van der Waals surface area (Å²) in [6.07, 6.45) is 4.86. The molecule has 0 aromatic heterocycles. The maximum atomic E-state index is 12.0. The lowest BCUT2D eigenvalue weighted by atomic mass is 10.2. The lowest BCUT2D eigenvalue weighted by Gasteiger charge is -2.12. The Bertz CT molecular complexity index is 597. The summed E-state index contributed by atoms with van der Waals surface area (Å²) in [6.45, 7) is -1.28. The van der Waals surface area contributed by atoms with E-state index in [1.807, 2.05) is 6.92 Å². The molecule has 1 fully saturated rings. The number of amides is 1. The molecule has 130 valence electrons. The van der Waals surface area contributed by atoms with E-state index >= 15 is 0 Å². The third-order valence-corrected chi connectivity index (χ3v) is 3.58. The van der Waals surface area contributed by atoms with Gasteiger partial charge in [0.05, 0.1) is 0 Å². The fourth-order valence-corrected chi connectivity index (χ4v) is 2.12. The molecule has 24 heavy (non-hydrogen) atoms. The van der Waals surface area contributed by atoms with Crippen LogP contribution in [0.3, 0.4) is 0 Å². The molecule has 5 nitrogen and oxygen atoms in total. The van der Waals surface area contributed by atoms with Crippen LogP contribution < -0.4 is 10.1 Å². The number of hydrogen-bond acceptors (Lipinski definition) is 4. The van der Waals surface area contributed by atoms with E-state index in [1.54, 1.807) is 0 Å². The van der Waals surface area contributed by atoms with Gasteiger partial charge in [0.2, 0.25) is 0 Å². The van der Waals surface area contributed by atoms with Crippen molar-refractivity contribution >= 4 is 18.0 Å². The third kappa shape index (κ3) is 6.36. The lowest BCUT2D eigenvalue weighted by Crippen LogP contribution is -2.36. The van der Waals surface area contributed by atoms with Crippen LogP contribution in [-0.2, 0) is 14.3 Å². The van der Waals surface area contributed by atoms with Crippen LogP contribution >= 0.6 is 0 Å². The summed E-state index contributed by atoms with van der Waals surface area (Å²) in [7, 11) is 0. The topological polar surface area (TPSA) is 64.6 Å². The maximum absolute atomic E-state index is 12.0. The van der Waals surface area contributed by atoms with Crippen LogP contribution in [0.15, 0.2) is 30.3 Å². The fourth-order valence-electron chi connectivity index (χ4n) is 2.12. The normalized spacial score (nSPS) is 15.3. The molecule has 1 N–H and O–H groups in total.